The van der Waals surface area contributed by atoms with Crippen LogP contribution < -0.4 is 10.1 Å². The van der Waals surface area contributed by atoms with E-state index in [-0.39, 0.29) is 11.9 Å². The molecule has 2 aromatic rings. The van der Waals surface area contributed by atoms with E-state index in [2.05, 4.69) is 41.4 Å². The molecule has 0 aromatic heterocycles. The molecule has 2 aromatic carbocycles. The Hall–Kier alpha value is -2.60. The van der Waals surface area contributed by atoms with Crippen molar-refractivity contribution >= 4 is 5.96 Å². The molecule has 0 heterocycles. The molecule has 0 spiro atoms. The summed E-state index contributed by atoms with van der Waals surface area (Å²) >= 11 is 0. The van der Waals surface area contributed by atoms with E-state index in [0.29, 0.717) is 13.1 Å². The molecule has 27 heavy (non-hydrogen) atoms. The molecule has 0 aliphatic rings. The molecule has 146 valence electrons. The van der Waals surface area contributed by atoms with E-state index in [4.69, 9.17) is 4.74 Å². The number of ether oxygens (including phenoxy) is 1. The molecular formula is C21H29FN4O. The van der Waals surface area contributed by atoms with E-state index in [1.807, 2.05) is 24.1 Å². The summed E-state index contributed by atoms with van der Waals surface area (Å²) < 4.78 is 18.3. The van der Waals surface area contributed by atoms with Crippen molar-refractivity contribution in [2.75, 3.05) is 41.8 Å². The standard InChI is InChI=1S/C21H29FN4O/c1-23-21(26(4)15-16-6-10-18(22)11-7-16)24-14-20(25(2)3)17-8-12-19(27-5)13-9-17/h6-13,20H,14-15H2,1-5H3,(H,23,24). The fourth-order valence-electron chi connectivity index (χ4n) is 2.94. The van der Waals surface area contributed by atoms with Crippen molar-refractivity contribution in [1.82, 2.24) is 15.1 Å². The third-order valence-corrected chi connectivity index (χ3v) is 4.48. The molecule has 0 fully saturated rings. The van der Waals surface area contributed by atoms with Gasteiger partial charge < -0.3 is 19.9 Å². The van der Waals surface area contributed by atoms with Crippen molar-refractivity contribution in [3.8, 4) is 5.75 Å². The second-order valence-electron chi connectivity index (χ2n) is 6.66. The molecule has 1 atom stereocenters. The van der Waals surface area contributed by atoms with Crippen LogP contribution in [-0.4, -0.2) is 57.6 Å². The fraction of sp³-hybridized carbons (Fsp3) is 0.381. The quantitative estimate of drug-likeness (QED) is 0.599. The third-order valence-electron chi connectivity index (χ3n) is 4.48. The lowest BCUT2D eigenvalue weighted by Crippen LogP contribution is -2.42. The molecule has 2 rings (SSSR count). The van der Waals surface area contributed by atoms with Crippen molar-refractivity contribution in [2.24, 2.45) is 4.99 Å². The summed E-state index contributed by atoms with van der Waals surface area (Å²) in [7, 11) is 9.52. The van der Waals surface area contributed by atoms with Crippen molar-refractivity contribution in [2.45, 2.75) is 12.6 Å². The molecule has 6 heteroatoms. The van der Waals surface area contributed by atoms with Crippen LogP contribution in [0.3, 0.4) is 0 Å². The lowest BCUT2D eigenvalue weighted by molar-refractivity contribution is 0.295. The Morgan fingerprint density at radius 3 is 2.22 bits per heavy atom. The Kier molecular flexibility index (Phi) is 7.61. The molecule has 1 unspecified atom stereocenters. The second-order valence-corrected chi connectivity index (χ2v) is 6.66. The molecule has 0 saturated heterocycles. The fourth-order valence-corrected chi connectivity index (χ4v) is 2.94. The van der Waals surface area contributed by atoms with Crippen LogP contribution in [0.4, 0.5) is 4.39 Å². The molecule has 1 N–H and O–H groups in total. The number of methoxy groups -OCH3 is 1. The number of hydrogen-bond acceptors (Lipinski definition) is 3. The molecular weight excluding hydrogens is 343 g/mol. The van der Waals surface area contributed by atoms with Crippen LogP contribution in [0.25, 0.3) is 0 Å². The van der Waals surface area contributed by atoms with Crippen LogP contribution in [0.15, 0.2) is 53.5 Å². The largest absolute Gasteiger partial charge is 0.497 e. The average Bonchev–Trinajstić information content (AvgIpc) is 2.67. The first-order valence-electron chi connectivity index (χ1n) is 8.91. The summed E-state index contributed by atoms with van der Waals surface area (Å²) in [5, 5.41) is 3.44. The number of aliphatic imine (C=N–C) groups is 1. The minimum absolute atomic E-state index is 0.187. The Balaban J connectivity index is 2.01. The molecule has 0 saturated carbocycles. The topological polar surface area (TPSA) is 40.1 Å². The highest BCUT2D eigenvalue weighted by molar-refractivity contribution is 5.79. The minimum Gasteiger partial charge on any atom is -0.497 e. The summed E-state index contributed by atoms with van der Waals surface area (Å²) in [6.45, 7) is 1.36. The predicted octanol–water partition coefficient (Wildman–Crippen LogP) is 3.14. The number of guanidine groups is 1. The Morgan fingerprint density at radius 2 is 1.70 bits per heavy atom. The van der Waals surface area contributed by atoms with Gasteiger partial charge in [-0.2, -0.15) is 0 Å². The van der Waals surface area contributed by atoms with Crippen LogP contribution in [0.1, 0.15) is 17.2 Å². The van der Waals surface area contributed by atoms with Crippen LogP contribution in [0.5, 0.6) is 5.75 Å². The number of rotatable bonds is 7. The highest BCUT2D eigenvalue weighted by Crippen LogP contribution is 2.20. The van der Waals surface area contributed by atoms with Gasteiger partial charge in [-0.25, -0.2) is 4.39 Å². The van der Waals surface area contributed by atoms with Crippen molar-refractivity contribution in [1.29, 1.82) is 0 Å². The number of likely N-dealkylation sites (N-methyl/N-ethyl adjacent to an activating group) is 1. The van der Waals surface area contributed by atoms with E-state index in [1.54, 1.807) is 26.3 Å². The zero-order valence-electron chi connectivity index (χ0n) is 16.7. The zero-order valence-corrected chi connectivity index (χ0v) is 16.7. The summed E-state index contributed by atoms with van der Waals surface area (Å²) in [5.41, 5.74) is 2.23. The van der Waals surface area contributed by atoms with E-state index in [1.165, 1.54) is 17.7 Å². The first-order chi connectivity index (χ1) is 12.9. The third kappa shape index (κ3) is 5.96. The second kappa shape index (κ2) is 9.92. The Morgan fingerprint density at radius 1 is 1.07 bits per heavy atom. The van der Waals surface area contributed by atoms with E-state index < -0.39 is 0 Å². The van der Waals surface area contributed by atoms with Gasteiger partial charge in [-0.05, 0) is 49.5 Å². The highest BCUT2D eigenvalue weighted by Gasteiger charge is 2.16. The predicted molar refractivity (Wildman–Crippen MR) is 109 cm³/mol. The number of halogens is 1. The first-order valence-corrected chi connectivity index (χ1v) is 8.91. The lowest BCUT2D eigenvalue weighted by Gasteiger charge is -2.28. The van der Waals surface area contributed by atoms with E-state index >= 15 is 0 Å². The summed E-state index contributed by atoms with van der Waals surface area (Å²) in [6.07, 6.45) is 0. The molecule has 0 amide bonds. The van der Waals surface area contributed by atoms with Gasteiger partial charge >= 0.3 is 0 Å². The van der Waals surface area contributed by atoms with Crippen molar-refractivity contribution in [3.63, 3.8) is 0 Å². The summed E-state index contributed by atoms with van der Waals surface area (Å²) in [4.78, 5) is 8.56. The smallest absolute Gasteiger partial charge is 0.193 e. The average molecular weight is 372 g/mol. The van der Waals surface area contributed by atoms with Gasteiger partial charge in [-0.15, -0.1) is 0 Å². The number of benzene rings is 2. The van der Waals surface area contributed by atoms with Gasteiger partial charge in [0.25, 0.3) is 0 Å². The molecule has 0 aliphatic heterocycles. The zero-order chi connectivity index (χ0) is 19.8. The van der Waals surface area contributed by atoms with Gasteiger partial charge in [0.05, 0.1) is 13.2 Å². The van der Waals surface area contributed by atoms with Crippen LogP contribution in [-0.2, 0) is 6.54 Å². The van der Waals surface area contributed by atoms with Gasteiger partial charge in [0, 0.05) is 27.2 Å². The van der Waals surface area contributed by atoms with Crippen LogP contribution in [0, 0.1) is 5.82 Å². The number of hydrogen-bond donors (Lipinski definition) is 1. The summed E-state index contributed by atoms with van der Waals surface area (Å²) in [6, 6.07) is 14.8. The van der Waals surface area contributed by atoms with Gasteiger partial charge in [0.1, 0.15) is 11.6 Å². The van der Waals surface area contributed by atoms with E-state index in [9.17, 15) is 4.39 Å². The van der Waals surface area contributed by atoms with Gasteiger partial charge in [0.15, 0.2) is 5.96 Å². The van der Waals surface area contributed by atoms with Gasteiger partial charge in [0.2, 0.25) is 0 Å². The molecule has 0 radical (unpaired) electrons. The maximum atomic E-state index is 13.1. The molecule has 5 nitrogen and oxygen atoms in total. The first kappa shape index (κ1) is 20.7. The lowest BCUT2D eigenvalue weighted by atomic mass is 10.1. The molecule has 0 bridgehead atoms. The van der Waals surface area contributed by atoms with Crippen molar-refractivity contribution in [3.05, 3.63) is 65.5 Å². The van der Waals surface area contributed by atoms with Crippen molar-refractivity contribution < 1.29 is 9.13 Å². The Bertz CT molecular complexity index is 729. The van der Waals surface area contributed by atoms with Crippen LogP contribution in [0.2, 0.25) is 0 Å². The summed E-state index contributed by atoms with van der Waals surface area (Å²) in [5.74, 6) is 1.41. The van der Waals surface area contributed by atoms with Crippen LogP contribution >= 0.6 is 0 Å². The monoisotopic (exact) mass is 372 g/mol. The van der Waals surface area contributed by atoms with Gasteiger partial charge in [-0.3, -0.25) is 4.99 Å². The number of nitrogens with one attached hydrogen (secondary N) is 1. The molecule has 0 aliphatic carbocycles. The SMILES string of the molecule is CN=C(NCC(c1ccc(OC)cc1)N(C)C)N(C)Cc1ccc(F)cc1. The maximum absolute atomic E-state index is 13.1. The number of nitrogens with zero attached hydrogens (tertiary/aromatic N) is 3. The Labute approximate surface area is 161 Å². The van der Waals surface area contributed by atoms with Gasteiger partial charge in [-0.1, -0.05) is 24.3 Å². The minimum atomic E-state index is -0.225. The maximum Gasteiger partial charge on any atom is 0.193 e. The normalized spacial score (nSPS) is 12.8. The van der Waals surface area contributed by atoms with E-state index in [0.717, 1.165) is 17.3 Å². The highest BCUT2D eigenvalue weighted by atomic mass is 19.1.